The van der Waals surface area contributed by atoms with Gasteiger partial charge in [-0.1, -0.05) is 60.6 Å². The highest BCUT2D eigenvalue weighted by molar-refractivity contribution is 7.16. The Bertz CT molecular complexity index is 1420. The van der Waals surface area contributed by atoms with Crippen LogP contribution in [0.4, 0.5) is 16.7 Å². The van der Waals surface area contributed by atoms with Crippen molar-refractivity contribution < 1.29 is 9.21 Å². The van der Waals surface area contributed by atoms with Crippen molar-refractivity contribution in [1.82, 2.24) is 15.2 Å². The van der Waals surface area contributed by atoms with E-state index in [0.29, 0.717) is 22.1 Å². The number of aromatic nitrogens is 3. The van der Waals surface area contributed by atoms with Crippen LogP contribution in [0.1, 0.15) is 35.9 Å². The molecule has 6 rings (SSSR count). The molecule has 34 heavy (non-hydrogen) atoms. The lowest BCUT2D eigenvalue weighted by Gasteiger charge is -2.11. The molecule has 0 unspecified atom stereocenters. The number of nitrogens with one attached hydrogen (secondary N) is 2. The predicted molar refractivity (Wildman–Crippen MR) is 131 cm³/mol. The van der Waals surface area contributed by atoms with Crippen molar-refractivity contribution in [2.75, 3.05) is 16.4 Å². The Kier molecular flexibility index (Phi) is 4.70. The van der Waals surface area contributed by atoms with Crippen LogP contribution in [0.15, 0.2) is 64.0 Å². The van der Waals surface area contributed by atoms with Crippen LogP contribution in [0.5, 0.6) is 0 Å². The maximum absolute atomic E-state index is 13.0. The van der Waals surface area contributed by atoms with Gasteiger partial charge in [0.2, 0.25) is 6.17 Å². The minimum atomic E-state index is -0.982. The van der Waals surface area contributed by atoms with Crippen molar-refractivity contribution >= 4 is 39.7 Å². The van der Waals surface area contributed by atoms with Gasteiger partial charge in [0.1, 0.15) is 10.0 Å². The number of aliphatic imine (C=N–C) groups is 1. The summed E-state index contributed by atoms with van der Waals surface area (Å²) in [5.41, 5.74) is 9.83. The predicted octanol–water partition coefficient (Wildman–Crippen LogP) is 4.05. The summed E-state index contributed by atoms with van der Waals surface area (Å²) >= 11 is 1.45. The van der Waals surface area contributed by atoms with Gasteiger partial charge in [-0.25, -0.2) is 9.98 Å². The Morgan fingerprint density at radius 1 is 1.12 bits per heavy atom. The van der Waals surface area contributed by atoms with Crippen LogP contribution in [-0.4, -0.2) is 33.0 Å². The number of thiazole rings is 1. The van der Waals surface area contributed by atoms with E-state index in [-0.39, 0.29) is 23.2 Å². The van der Waals surface area contributed by atoms with Crippen molar-refractivity contribution in [2.24, 2.45) is 4.99 Å². The molecule has 1 fully saturated rings. The number of fused-ring (bicyclic) bond motifs is 1. The Balaban J connectivity index is 1.32. The van der Waals surface area contributed by atoms with E-state index >= 15 is 0 Å². The zero-order chi connectivity index (χ0) is 23.3. The first-order valence-electron chi connectivity index (χ1n) is 10.9. The number of nitrogens with two attached hydrogens (primary N) is 1. The number of carbonyl (C=O) groups is 1. The molecule has 1 aliphatic carbocycles. The first-order chi connectivity index (χ1) is 16.5. The van der Waals surface area contributed by atoms with Crippen LogP contribution >= 0.6 is 11.3 Å². The average molecular weight is 472 g/mol. The number of nitrogen functional groups attached to an aromatic ring is 1. The van der Waals surface area contributed by atoms with E-state index < -0.39 is 6.17 Å². The van der Waals surface area contributed by atoms with Crippen molar-refractivity contribution in [2.45, 2.75) is 31.3 Å². The summed E-state index contributed by atoms with van der Waals surface area (Å²) in [6, 6.07) is 17.3. The molecular formula is C24H21N7O2S. The highest BCUT2D eigenvalue weighted by Crippen LogP contribution is 2.50. The lowest BCUT2D eigenvalue weighted by molar-refractivity contribution is -0.116. The van der Waals surface area contributed by atoms with Gasteiger partial charge in [-0.05, 0) is 18.9 Å². The molecule has 2 aromatic heterocycles. The number of amides is 1. The number of rotatable bonds is 5. The van der Waals surface area contributed by atoms with Crippen LogP contribution in [0.25, 0.3) is 11.6 Å². The summed E-state index contributed by atoms with van der Waals surface area (Å²) in [6.45, 7) is 2.17. The maximum atomic E-state index is 13.0. The van der Waals surface area contributed by atoms with Gasteiger partial charge in [-0.15, -0.1) is 16.4 Å². The second-order valence-electron chi connectivity index (χ2n) is 8.63. The molecule has 10 heteroatoms. The molecule has 0 saturated heterocycles. The zero-order valence-corrected chi connectivity index (χ0v) is 19.1. The van der Waals surface area contributed by atoms with E-state index in [9.17, 15) is 4.79 Å². The molecule has 4 aromatic rings. The van der Waals surface area contributed by atoms with E-state index in [1.807, 2.05) is 54.6 Å². The van der Waals surface area contributed by atoms with Gasteiger partial charge in [0, 0.05) is 16.5 Å². The Hall–Kier alpha value is -4.05. The van der Waals surface area contributed by atoms with E-state index in [2.05, 4.69) is 32.7 Å². The summed E-state index contributed by atoms with van der Waals surface area (Å²) in [7, 11) is 0. The number of benzene rings is 2. The van der Waals surface area contributed by atoms with E-state index in [1.165, 1.54) is 11.3 Å². The molecule has 0 bridgehead atoms. The molecule has 1 aliphatic heterocycles. The highest BCUT2D eigenvalue weighted by Gasteiger charge is 2.42. The summed E-state index contributed by atoms with van der Waals surface area (Å²) < 4.78 is 5.79. The molecule has 1 saturated carbocycles. The van der Waals surface area contributed by atoms with Crippen molar-refractivity contribution in [1.29, 1.82) is 0 Å². The lowest BCUT2D eigenvalue weighted by atomic mass is 10.0. The number of nitrogens with zero attached hydrogens (tertiary/aromatic N) is 4. The second kappa shape index (κ2) is 7.77. The van der Waals surface area contributed by atoms with Crippen LogP contribution in [0.2, 0.25) is 0 Å². The van der Waals surface area contributed by atoms with Crippen molar-refractivity contribution in [3.8, 4) is 11.6 Å². The number of hydrogen-bond acceptors (Lipinski definition) is 9. The minimum Gasteiger partial charge on any atom is -0.402 e. The number of hydrogen-bond donors (Lipinski definition) is 3. The van der Waals surface area contributed by atoms with Crippen molar-refractivity contribution in [3.05, 3.63) is 70.7 Å². The zero-order valence-electron chi connectivity index (χ0n) is 18.3. The summed E-state index contributed by atoms with van der Waals surface area (Å²) in [5.74, 6) is -0.133. The van der Waals surface area contributed by atoms with Gasteiger partial charge in [0.15, 0.2) is 5.69 Å². The number of para-hydroxylation sites is 1. The third-order valence-electron chi connectivity index (χ3n) is 6.05. The molecule has 2 aromatic carbocycles. The highest BCUT2D eigenvalue weighted by atomic mass is 32.1. The van der Waals surface area contributed by atoms with Gasteiger partial charge in [0.05, 0.1) is 11.4 Å². The molecule has 0 radical (unpaired) electrons. The van der Waals surface area contributed by atoms with Gasteiger partial charge in [-0.2, -0.15) is 0 Å². The molecule has 9 nitrogen and oxygen atoms in total. The number of carbonyl (C=O) groups excluding carboxylic acids is 1. The standard InChI is InChI=1S/C24H21N7O2S/c1-24(11-12-24)22-28-17(18(25)34-22)21-30-31-23(33-21)29-19-20(32)26-15-10-6-5-9-14(15)16(27-19)13-7-3-2-4-8-13/h2-10,19H,11-12,25H2,1H3,(H,26,32)(H,29,31)/t19-/m1/s1. The van der Waals surface area contributed by atoms with E-state index in [0.717, 1.165) is 29.0 Å². The Labute approximate surface area is 199 Å². The largest absolute Gasteiger partial charge is 0.402 e. The van der Waals surface area contributed by atoms with Gasteiger partial charge < -0.3 is 20.8 Å². The fourth-order valence-corrected chi connectivity index (χ4v) is 4.85. The van der Waals surface area contributed by atoms with Gasteiger partial charge >= 0.3 is 6.01 Å². The first kappa shape index (κ1) is 20.5. The van der Waals surface area contributed by atoms with Crippen LogP contribution in [-0.2, 0) is 10.2 Å². The van der Waals surface area contributed by atoms with E-state index in [1.54, 1.807) is 0 Å². The number of anilines is 3. The molecule has 4 N–H and O–H groups in total. The van der Waals surface area contributed by atoms with Gasteiger partial charge in [-0.3, -0.25) is 4.79 Å². The second-order valence-corrected chi connectivity index (χ2v) is 9.66. The third kappa shape index (κ3) is 3.61. The van der Waals surface area contributed by atoms with Gasteiger partial charge in [0.25, 0.3) is 11.8 Å². The molecule has 0 spiro atoms. The van der Waals surface area contributed by atoms with E-state index in [4.69, 9.17) is 15.1 Å². The first-order valence-corrected chi connectivity index (χ1v) is 11.7. The maximum Gasteiger partial charge on any atom is 0.317 e. The molecule has 1 amide bonds. The fraction of sp³-hybridized carbons (Fsp3) is 0.208. The van der Waals surface area contributed by atoms with Crippen LogP contribution < -0.4 is 16.4 Å². The molecule has 1 atom stereocenters. The molecule has 170 valence electrons. The summed E-state index contributed by atoms with van der Waals surface area (Å²) in [6.07, 6.45) is 1.21. The fourth-order valence-electron chi connectivity index (χ4n) is 3.82. The molecule has 2 aliphatic rings. The van der Waals surface area contributed by atoms with Crippen molar-refractivity contribution in [3.63, 3.8) is 0 Å². The smallest absolute Gasteiger partial charge is 0.317 e. The number of benzodiazepines with no additional fused rings is 1. The van der Waals surface area contributed by atoms with Crippen LogP contribution in [0, 0.1) is 0 Å². The SMILES string of the molecule is CC1(c2nc(-c3nnc(N[C@H]4N=C(c5ccccc5)c5ccccc5NC4=O)o3)c(N)s2)CC1. The summed E-state index contributed by atoms with van der Waals surface area (Å²) in [4.78, 5) is 22.4. The molecule has 3 heterocycles. The quantitative estimate of drug-likeness (QED) is 0.400. The molecular weight excluding hydrogens is 450 g/mol. The Morgan fingerprint density at radius 3 is 2.68 bits per heavy atom. The Morgan fingerprint density at radius 2 is 1.88 bits per heavy atom. The van der Waals surface area contributed by atoms with Crippen LogP contribution in [0.3, 0.4) is 0 Å². The summed E-state index contributed by atoms with van der Waals surface area (Å²) in [5, 5.41) is 15.6. The monoisotopic (exact) mass is 471 g/mol. The normalized spacial score (nSPS) is 18.4. The lowest BCUT2D eigenvalue weighted by Crippen LogP contribution is -2.32. The minimum absolute atomic E-state index is 0.0591. The topological polar surface area (TPSA) is 131 Å². The third-order valence-corrected chi connectivity index (χ3v) is 7.24. The average Bonchev–Trinajstić information content (AvgIpc) is 3.27.